The Kier molecular flexibility index (Phi) is 3.79. The summed E-state index contributed by atoms with van der Waals surface area (Å²) in [4.78, 5) is 0. The van der Waals surface area contributed by atoms with E-state index in [1.165, 1.54) is 37.9 Å². The van der Waals surface area contributed by atoms with Gasteiger partial charge in [-0.25, -0.2) is 0 Å². The van der Waals surface area contributed by atoms with Crippen molar-refractivity contribution in [2.45, 2.75) is 26.2 Å². The molecule has 1 nitrogen and oxygen atoms in total. The molecule has 2 rings (SSSR count). The molecule has 1 fully saturated rings. The van der Waals surface area contributed by atoms with Crippen LogP contribution >= 0.6 is 0 Å². The van der Waals surface area contributed by atoms with Crippen molar-refractivity contribution in [3.8, 4) is 0 Å². The van der Waals surface area contributed by atoms with Crippen LogP contribution in [0.5, 0.6) is 0 Å². The summed E-state index contributed by atoms with van der Waals surface area (Å²) in [5, 5.41) is 3.43. The van der Waals surface area contributed by atoms with Crippen LogP contribution in [0.25, 0.3) is 0 Å². The fourth-order valence-electron chi connectivity index (χ4n) is 2.55. The van der Waals surface area contributed by atoms with Crippen LogP contribution in [0.4, 0.5) is 0 Å². The fourth-order valence-corrected chi connectivity index (χ4v) is 2.55. The van der Waals surface area contributed by atoms with Crippen LogP contribution in [0.1, 0.15) is 31.7 Å². The first-order chi connectivity index (χ1) is 7.42. The second-order valence-corrected chi connectivity index (χ2v) is 4.27. The van der Waals surface area contributed by atoms with E-state index in [2.05, 4.69) is 42.6 Å². The molecule has 0 bridgehead atoms. The molecule has 1 aliphatic rings. The summed E-state index contributed by atoms with van der Waals surface area (Å²) in [6, 6.07) is 10.9. The Morgan fingerprint density at radius 3 is 2.47 bits per heavy atom. The van der Waals surface area contributed by atoms with E-state index in [0.717, 1.165) is 5.92 Å². The Balaban J connectivity index is 2.09. The minimum Gasteiger partial charge on any atom is -0.317 e. The zero-order valence-corrected chi connectivity index (χ0v) is 9.50. The molecule has 1 N–H and O–H groups in total. The summed E-state index contributed by atoms with van der Waals surface area (Å²) >= 11 is 0. The van der Waals surface area contributed by atoms with Gasteiger partial charge in [0.25, 0.3) is 0 Å². The normalized spacial score (nSPS) is 18.3. The van der Waals surface area contributed by atoms with Gasteiger partial charge in [0, 0.05) is 5.92 Å². The molecule has 1 aliphatic heterocycles. The summed E-state index contributed by atoms with van der Waals surface area (Å²) in [5.41, 5.74) is 1.45. The van der Waals surface area contributed by atoms with E-state index < -0.39 is 0 Å². The zero-order valence-electron chi connectivity index (χ0n) is 9.50. The maximum Gasteiger partial charge on any atom is 0.00789 e. The molecule has 1 heterocycles. The Hall–Kier alpha value is -0.820. The van der Waals surface area contributed by atoms with E-state index in [9.17, 15) is 0 Å². The Bertz CT molecular complexity index is 275. The van der Waals surface area contributed by atoms with E-state index in [1.807, 2.05) is 0 Å². The minimum absolute atomic E-state index is 0.804. The van der Waals surface area contributed by atoms with E-state index in [-0.39, 0.29) is 0 Å². The molecule has 0 unspecified atom stereocenters. The number of nitrogens with one attached hydrogen (secondary N) is 1. The highest BCUT2D eigenvalue weighted by atomic mass is 14.9. The third-order valence-corrected chi connectivity index (χ3v) is 3.36. The molecular weight excluding hydrogens is 182 g/mol. The SMILES string of the molecule is CC[C](c1ccccc1)C1CCNCC1. The quantitative estimate of drug-likeness (QED) is 0.794. The maximum atomic E-state index is 3.43. The summed E-state index contributed by atoms with van der Waals surface area (Å²) in [6.07, 6.45) is 3.80. The highest BCUT2D eigenvalue weighted by Crippen LogP contribution is 2.32. The van der Waals surface area contributed by atoms with Crippen LogP contribution in [0.3, 0.4) is 0 Å². The van der Waals surface area contributed by atoms with Crippen LogP contribution in [0.15, 0.2) is 30.3 Å². The van der Waals surface area contributed by atoms with Crippen molar-refractivity contribution < 1.29 is 0 Å². The van der Waals surface area contributed by atoms with Gasteiger partial charge < -0.3 is 5.32 Å². The second kappa shape index (κ2) is 5.32. The molecule has 0 aliphatic carbocycles. The number of benzene rings is 1. The van der Waals surface area contributed by atoms with Crippen molar-refractivity contribution >= 4 is 0 Å². The molecule has 0 spiro atoms. The first kappa shape index (κ1) is 10.7. The second-order valence-electron chi connectivity index (χ2n) is 4.27. The molecule has 0 atom stereocenters. The lowest BCUT2D eigenvalue weighted by Gasteiger charge is -2.29. The summed E-state index contributed by atoms with van der Waals surface area (Å²) < 4.78 is 0. The largest absolute Gasteiger partial charge is 0.317 e. The van der Waals surface area contributed by atoms with E-state index >= 15 is 0 Å². The predicted octanol–water partition coefficient (Wildman–Crippen LogP) is 3.02. The third-order valence-electron chi connectivity index (χ3n) is 3.36. The molecule has 15 heavy (non-hydrogen) atoms. The average molecular weight is 202 g/mol. The van der Waals surface area contributed by atoms with Crippen molar-refractivity contribution in [1.29, 1.82) is 0 Å². The monoisotopic (exact) mass is 202 g/mol. The van der Waals surface area contributed by atoms with Gasteiger partial charge >= 0.3 is 0 Å². The Morgan fingerprint density at radius 1 is 1.20 bits per heavy atom. The molecule has 0 aromatic heterocycles. The Morgan fingerprint density at radius 2 is 1.87 bits per heavy atom. The number of hydrogen-bond acceptors (Lipinski definition) is 1. The van der Waals surface area contributed by atoms with Crippen molar-refractivity contribution in [2.24, 2.45) is 5.92 Å². The van der Waals surface area contributed by atoms with Crippen LogP contribution in [0.2, 0.25) is 0 Å². The smallest absolute Gasteiger partial charge is 0.00789 e. The van der Waals surface area contributed by atoms with Gasteiger partial charge in [-0.05, 0) is 43.8 Å². The lowest BCUT2D eigenvalue weighted by atomic mass is 9.79. The van der Waals surface area contributed by atoms with Crippen LogP contribution in [-0.2, 0) is 0 Å². The predicted molar refractivity (Wildman–Crippen MR) is 64.7 cm³/mol. The number of rotatable bonds is 3. The van der Waals surface area contributed by atoms with Gasteiger partial charge in [0.1, 0.15) is 0 Å². The first-order valence-electron chi connectivity index (χ1n) is 6.03. The molecule has 1 saturated heterocycles. The van der Waals surface area contributed by atoms with Gasteiger partial charge in [-0.1, -0.05) is 37.3 Å². The third kappa shape index (κ3) is 2.60. The molecule has 1 radical (unpaired) electrons. The van der Waals surface area contributed by atoms with E-state index in [0.29, 0.717) is 0 Å². The maximum absolute atomic E-state index is 3.43. The van der Waals surface area contributed by atoms with Gasteiger partial charge in [0.05, 0.1) is 0 Å². The summed E-state index contributed by atoms with van der Waals surface area (Å²) in [5.74, 6) is 2.45. The first-order valence-corrected chi connectivity index (χ1v) is 6.03. The van der Waals surface area contributed by atoms with E-state index in [4.69, 9.17) is 0 Å². The lowest BCUT2D eigenvalue weighted by Crippen LogP contribution is -2.31. The van der Waals surface area contributed by atoms with E-state index in [1.54, 1.807) is 5.92 Å². The zero-order chi connectivity index (χ0) is 10.5. The Labute approximate surface area is 92.9 Å². The minimum atomic E-state index is 0.804. The molecule has 1 heteroatoms. The fraction of sp³-hybridized carbons (Fsp3) is 0.500. The highest BCUT2D eigenvalue weighted by molar-refractivity contribution is 5.31. The van der Waals surface area contributed by atoms with Crippen LogP contribution < -0.4 is 5.32 Å². The van der Waals surface area contributed by atoms with Crippen molar-refractivity contribution in [1.82, 2.24) is 5.32 Å². The molecular formula is C14H20N. The number of piperidine rings is 1. The average Bonchev–Trinajstić information content (AvgIpc) is 2.33. The molecule has 81 valence electrons. The molecule has 0 saturated carbocycles. The lowest BCUT2D eigenvalue weighted by molar-refractivity contribution is 0.385. The summed E-state index contributed by atoms with van der Waals surface area (Å²) in [7, 11) is 0. The van der Waals surface area contributed by atoms with Crippen molar-refractivity contribution in [3.63, 3.8) is 0 Å². The topological polar surface area (TPSA) is 12.0 Å². The van der Waals surface area contributed by atoms with Gasteiger partial charge in [0.2, 0.25) is 0 Å². The highest BCUT2D eigenvalue weighted by Gasteiger charge is 2.23. The van der Waals surface area contributed by atoms with Gasteiger partial charge in [-0.2, -0.15) is 0 Å². The van der Waals surface area contributed by atoms with Crippen molar-refractivity contribution in [3.05, 3.63) is 41.8 Å². The summed E-state index contributed by atoms with van der Waals surface area (Å²) in [6.45, 7) is 4.65. The standard InChI is InChI=1S/C14H20N/c1-2-14(12-6-4-3-5-7-12)13-8-10-15-11-9-13/h3-7,13,15H,2,8-11H2,1H3. The van der Waals surface area contributed by atoms with Gasteiger partial charge in [0.15, 0.2) is 0 Å². The van der Waals surface area contributed by atoms with Crippen LogP contribution in [0, 0.1) is 11.8 Å². The molecule has 1 aromatic rings. The van der Waals surface area contributed by atoms with Crippen LogP contribution in [-0.4, -0.2) is 13.1 Å². The molecule has 1 aromatic carbocycles. The number of hydrogen-bond donors (Lipinski definition) is 1. The molecule has 0 amide bonds. The van der Waals surface area contributed by atoms with Crippen molar-refractivity contribution in [2.75, 3.05) is 13.1 Å². The van der Waals surface area contributed by atoms with Gasteiger partial charge in [-0.3, -0.25) is 0 Å². The van der Waals surface area contributed by atoms with Gasteiger partial charge in [-0.15, -0.1) is 0 Å².